The van der Waals surface area contributed by atoms with Gasteiger partial charge in [0.2, 0.25) is 0 Å². The first-order valence-electron chi connectivity index (χ1n) is 5.65. The van der Waals surface area contributed by atoms with E-state index < -0.39 is 11.5 Å². The Morgan fingerprint density at radius 3 is 2.32 bits per heavy atom. The molecule has 0 aliphatic carbocycles. The predicted octanol–water partition coefficient (Wildman–Crippen LogP) is 2.81. The van der Waals surface area contributed by atoms with Crippen LogP contribution >= 0.6 is 11.6 Å². The lowest BCUT2D eigenvalue weighted by Gasteiger charge is -2.15. The number of hydrogen-bond donors (Lipinski definition) is 1. The van der Waals surface area contributed by atoms with Gasteiger partial charge in [-0.3, -0.25) is 9.36 Å². The number of carbonyl (C=O) groups is 1. The van der Waals surface area contributed by atoms with Gasteiger partial charge in [0, 0.05) is 11.4 Å². The molecule has 0 fully saturated rings. The lowest BCUT2D eigenvalue weighted by Crippen LogP contribution is -2.25. The Hall–Kier alpha value is -2.07. The van der Waals surface area contributed by atoms with E-state index in [0.717, 1.165) is 0 Å². The molecule has 0 bridgehead atoms. The van der Waals surface area contributed by atoms with Crippen LogP contribution in [0.4, 0.5) is 0 Å². The summed E-state index contributed by atoms with van der Waals surface area (Å²) < 4.78 is 1.32. The van der Waals surface area contributed by atoms with Gasteiger partial charge in [-0.25, -0.2) is 4.79 Å². The van der Waals surface area contributed by atoms with Gasteiger partial charge in [0.25, 0.3) is 5.56 Å². The molecular formula is C14H12ClNO3. The first-order chi connectivity index (χ1) is 8.95. The summed E-state index contributed by atoms with van der Waals surface area (Å²) in [4.78, 5) is 23.5. The molecule has 1 heterocycles. The van der Waals surface area contributed by atoms with Crippen molar-refractivity contribution < 1.29 is 9.90 Å². The normalized spacial score (nSPS) is 10.5. The highest BCUT2D eigenvalue weighted by molar-refractivity contribution is 6.31. The molecule has 0 spiro atoms. The Labute approximate surface area is 114 Å². The van der Waals surface area contributed by atoms with Crippen LogP contribution < -0.4 is 5.56 Å². The van der Waals surface area contributed by atoms with Gasteiger partial charge in [-0.05, 0) is 31.5 Å². The number of para-hydroxylation sites is 1. The fourth-order valence-corrected chi connectivity index (χ4v) is 2.29. The van der Waals surface area contributed by atoms with Crippen LogP contribution in [0.1, 0.15) is 21.6 Å². The minimum Gasteiger partial charge on any atom is -0.478 e. The van der Waals surface area contributed by atoms with Crippen molar-refractivity contribution in [3.8, 4) is 5.69 Å². The van der Waals surface area contributed by atoms with Gasteiger partial charge in [0.05, 0.1) is 5.56 Å². The Morgan fingerprint density at radius 2 is 1.79 bits per heavy atom. The van der Waals surface area contributed by atoms with Crippen LogP contribution in [-0.2, 0) is 0 Å². The van der Waals surface area contributed by atoms with Gasteiger partial charge >= 0.3 is 5.97 Å². The predicted molar refractivity (Wildman–Crippen MR) is 73.5 cm³/mol. The summed E-state index contributed by atoms with van der Waals surface area (Å²) in [7, 11) is 0. The van der Waals surface area contributed by atoms with E-state index in [1.807, 2.05) is 6.07 Å². The second-order valence-corrected chi connectivity index (χ2v) is 4.56. The van der Waals surface area contributed by atoms with Crippen molar-refractivity contribution >= 4 is 17.6 Å². The van der Waals surface area contributed by atoms with E-state index in [1.165, 1.54) is 11.5 Å². The minimum atomic E-state index is -1.10. The summed E-state index contributed by atoms with van der Waals surface area (Å²) in [6.07, 6.45) is 0. The Kier molecular flexibility index (Phi) is 3.44. The molecule has 0 saturated carbocycles. The van der Waals surface area contributed by atoms with E-state index in [4.69, 9.17) is 11.6 Å². The fraction of sp³-hybridized carbons (Fsp3) is 0.143. The second kappa shape index (κ2) is 4.90. The summed E-state index contributed by atoms with van der Waals surface area (Å²) in [5.41, 5.74) is 0.908. The number of hydrogen-bond acceptors (Lipinski definition) is 2. The second-order valence-electron chi connectivity index (χ2n) is 4.18. The Balaban J connectivity index is 2.90. The summed E-state index contributed by atoms with van der Waals surface area (Å²) >= 11 is 5.96. The number of halogens is 1. The molecule has 1 N–H and O–H groups in total. The molecule has 0 amide bonds. The zero-order valence-electron chi connectivity index (χ0n) is 10.5. The number of pyridine rings is 1. The van der Waals surface area contributed by atoms with Crippen molar-refractivity contribution in [2.45, 2.75) is 13.8 Å². The summed E-state index contributed by atoms with van der Waals surface area (Å²) in [5, 5.41) is 9.20. The van der Waals surface area contributed by atoms with Crippen LogP contribution in [0.3, 0.4) is 0 Å². The number of nitrogens with zero attached hydrogens (tertiary/aromatic N) is 1. The van der Waals surface area contributed by atoms with Gasteiger partial charge < -0.3 is 5.11 Å². The molecule has 0 aliphatic heterocycles. The third kappa shape index (κ3) is 2.15. The molecule has 0 unspecified atom stereocenters. The highest BCUT2D eigenvalue weighted by Crippen LogP contribution is 2.21. The fourth-order valence-electron chi connectivity index (χ4n) is 2.11. The number of carboxylic acid groups (broad SMARTS) is 1. The lowest BCUT2D eigenvalue weighted by molar-refractivity contribution is 0.0694. The van der Waals surface area contributed by atoms with E-state index in [1.54, 1.807) is 31.2 Å². The van der Waals surface area contributed by atoms with Gasteiger partial charge in [-0.15, -0.1) is 0 Å². The van der Waals surface area contributed by atoms with Crippen molar-refractivity contribution in [2.24, 2.45) is 0 Å². The number of aromatic carboxylic acids is 1. The summed E-state index contributed by atoms with van der Waals surface area (Å²) in [5.74, 6) is -1.10. The van der Waals surface area contributed by atoms with Gasteiger partial charge in [-0.2, -0.15) is 0 Å². The molecule has 2 aromatic rings. The Morgan fingerprint density at radius 1 is 1.21 bits per heavy atom. The van der Waals surface area contributed by atoms with Crippen molar-refractivity contribution in [1.82, 2.24) is 4.57 Å². The number of aromatic nitrogens is 1. The maximum atomic E-state index is 12.2. The van der Waals surface area contributed by atoms with Crippen LogP contribution in [0.15, 0.2) is 35.1 Å². The molecule has 0 saturated heterocycles. The third-order valence-corrected chi connectivity index (χ3v) is 3.47. The highest BCUT2D eigenvalue weighted by Gasteiger charge is 2.20. The summed E-state index contributed by atoms with van der Waals surface area (Å²) in [6, 6.07) is 8.82. The van der Waals surface area contributed by atoms with E-state index >= 15 is 0 Å². The van der Waals surface area contributed by atoms with Crippen LogP contribution in [0, 0.1) is 13.8 Å². The van der Waals surface area contributed by atoms with Crippen LogP contribution in [0.25, 0.3) is 5.69 Å². The standard InChI is InChI=1S/C14H12ClNO3/c1-8-11(14(18)19)9(2)16(13(17)12(8)15)10-6-4-3-5-7-10/h3-7H,1-2H3,(H,18,19). The van der Waals surface area contributed by atoms with Crippen LogP contribution in [0.5, 0.6) is 0 Å². The van der Waals surface area contributed by atoms with E-state index in [9.17, 15) is 14.7 Å². The average molecular weight is 278 g/mol. The monoisotopic (exact) mass is 277 g/mol. The van der Waals surface area contributed by atoms with Gasteiger partial charge in [-0.1, -0.05) is 29.8 Å². The van der Waals surface area contributed by atoms with E-state index in [2.05, 4.69) is 0 Å². The maximum absolute atomic E-state index is 12.2. The zero-order chi connectivity index (χ0) is 14.2. The first-order valence-corrected chi connectivity index (χ1v) is 6.03. The molecule has 2 rings (SSSR count). The van der Waals surface area contributed by atoms with E-state index in [-0.39, 0.29) is 10.6 Å². The lowest BCUT2D eigenvalue weighted by atomic mass is 10.1. The van der Waals surface area contributed by atoms with Crippen LogP contribution in [0.2, 0.25) is 5.02 Å². The molecule has 0 aliphatic rings. The minimum absolute atomic E-state index is 0.0631. The van der Waals surface area contributed by atoms with Crippen LogP contribution in [-0.4, -0.2) is 15.6 Å². The van der Waals surface area contributed by atoms with Crippen molar-refractivity contribution in [2.75, 3.05) is 0 Å². The van der Waals surface area contributed by atoms with E-state index in [0.29, 0.717) is 16.9 Å². The molecule has 98 valence electrons. The van der Waals surface area contributed by atoms with Crippen molar-refractivity contribution in [3.05, 3.63) is 62.5 Å². The third-order valence-electron chi connectivity index (χ3n) is 3.02. The largest absolute Gasteiger partial charge is 0.478 e. The van der Waals surface area contributed by atoms with Crippen molar-refractivity contribution in [3.63, 3.8) is 0 Å². The molecule has 19 heavy (non-hydrogen) atoms. The first kappa shape index (κ1) is 13.4. The number of carboxylic acids is 1. The number of rotatable bonds is 2. The average Bonchev–Trinajstić information content (AvgIpc) is 2.37. The smallest absolute Gasteiger partial charge is 0.337 e. The Bertz CT molecular complexity index is 705. The number of benzene rings is 1. The SMILES string of the molecule is Cc1c(C(=O)O)c(C)n(-c2ccccc2)c(=O)c1Cl. The molecular weight excluding hydrogens is 266 g/mol. The summed E-state index contributed by atoms with van der Waals surface area (Å²) in [6.45, 7) is 3.14. The molecule has 5 heteroatoms. The molecule has 1 aromatic carbocycles. The zero-order valence-corrected chi connectivity index (χ0v) is 11.2. The molecule has 4 nitrogen and oxygen atoms in total. The van der Waals surface area contributed by atoms with Crippen molar-refractivity contribution in [1.29, 1.82) is 0 Å². The highest BCUT2D eigenvalue weighted by atomic mass is 35.5. The maximum Gasteiger partial charge on any atom is 0.337 e. The molecule has 1 aromatic heterocycles. The quantitative estimate of drug-likeness (QED) is 0.918. The molecule has 0 radical (unpaired) electrons. The molecule has 0 atom stereocenters. The topological polar surface area (TPSA) is 59.3 Å². The van der Waals surface area contributed by atoms with Gasteiger partial charge in [0.1, 0.15) is 5.02 Å². The van der Waals surface area contributed by atoms with Gasteiger partial charge in [0.15, 0.2) is 0 Å².